The lowest BCUT2D eigenvalue weighted by Crippen LogP contribution is -2.47. The summed E-state index contributed by atoms with van der Waals surface area (Å²) in [6.45, 7) is 4.59. The van der Waals surface area contributed by atoms with Crippen LogP contribution >= 0.6 is 0 Å². The normalized spacial score (nSPS) is 19.1. The molecule has 0 aromatic heterocycles. The highest BCUT2D eigenvalue weighted by molar-refractivity contribution is 5.80. The third-order valence-corrected chi connectivity index (χ3v) is 3.61. The van der Waals surface area contributed by atoms with E-state index in [4.69, 9.17) is 15.2 Å². The van der Waals surface area contributed by atoms with E-state index in [1.807, 2.05) is 32.0 Å². The maximum Gasteiger partial charge on any atom is 0.234 e. The maximum absolute atomic E-state index is 11.6. The summed E-state index contributed by atoms with van der Waals surface area (Å²) < 4.78 is 10.9. The largest absolute Gasteiger partial charge is 0.497 e. The van der Waals surface area contributed by atoms with Gasteiger partial charge in [0.1, 0.15) is 11.5 Å². The van der Waals surface area contributed by atoms with Crippen molar-refractivity contribution in [3.8, 4) is 11.5 Å². The Balaban J connectivity index is 2.25. The lowest BCUT2D eigenvalue weighted by atomic mass is 9.96. The molecule has 20 heavy (non-hydrogen) atoms. The SMILES string of the molecule is COc1ccc2c(c1)C(NC(C(N)=O)C(C)C)CCO2. The molecule has 5 nitrogen and oxygen atoms in total. The minimum absolute atomic E-state index is 0.0498. The van der Waals surface area contributed by atoms with Crippen molar-refractivity contribution in [1.82, 2.24) is 5.32 Å². The smallest absolute Gasteiger partial charge is 0.234 e. The molecular weight excluding hydrogens is 256 g/mol. The number of amides is 1. The van der Waals surface area contributed by atoms with Crippen LogP contribution in [-0.4, -0.2) is 25.7 Å². The fourth-order valence-corrected chi connectivity index (χ4v) is 2.49. The molecule has 1 aliphatic rings. The molecule has 1 aromatic rings. The van der Waals surface area contributed by atoms with E-state index in [2.05, 4.69) is 5.32 Å². The van der Waals surface area contributed by atoms with Crippen LogP contribution < -0.4 is 20.5 Å². The first-order chi connectivity index (χ1) is 9.52. The average molecular weight is 278 g/mol. The standard InChI is InChI=1S/C15H22N2O3/c1-9(2)14(15(16)18)17-12-6-7-20-13-5-4-10(19-3)8-11(12)13/h4-5,8-9,12,14,17H,6-7H2,1-3H3,(H2,16,18). The molecule has 0 aliphatic carbocycles. The molecule has 0 fully saturated rings. The summed E-state index contributed by atoms with van der Waals surface area (Å²) in [4.78, 5) is 11.6. The summed E-state index contributed by atoms with van der Waals surface area (Å²) in [6.07, 6.45) is 0.802. The van der Waals surface area contributed by atoms with Gasteiger partial charge in [-0.15, -0.1) is 0 Å². The van der Waals surface area contributed by atoms with Gasteiger partial charge in [-0.2, -0.15) is 0 Å². The van der Waals surface area contributed by atoms with Crippen LogP contribution in [0.4, 0.5) is 0 Å². The second-order valence-electron chi connectivity index (χ2n) is 5.38. The van der Waals surface area contributed by atoms with Crippen molar-refractivity contribution in [3.63, 3.8) is 0 Å². The molecule has 1 aliphatic heterocycles. The number of carbonyl (C=O) groups is 1. The Hall–Kier alpha value is -1.75. The van der Waals surface area contributed by atoms with Crippen molar-refractivity contribution in [2.24, 2.45) is 11.7 Å². The zero-order valence-corrected chi connectivity index (χ0v) is 12.2. The third-order valence-electron chi connectivity index (χ3n) is 3.61. The molecule has 5 heteroatoms. The molecule has 0 bridgehead atoms. The van der Waals surface area contributed by atoms with E-state index in [0.717, 1.165) is 23.5 Å². The number of carbonyl (C=O) groups excluding carboxylic acids is 1. The Morgan fingerprint density at radius 1 is 1.50 bits per heavy atom. The maximum atomic E-state index is 11.6. The molecule has 1 amide bonds. The van der Waals surface area contributed by atoms with Gasteiger partial charge < -0.3 is 15.2 Å². The van der Waals surface area contributed by atoms with E-state index < -0.39 is 0 Å². The average Bonchev–Trinajstić information content (AvgIpc) is 2.43. The number of nitrogens with one attached hydrogen (secondary N) is 1. The lowest BCUT2D eigenvalue weighted by Gasteiger charge is -2.31. The Labute approximate surface area is 119 Å². The Morgan fingerprint density at radius 2 is 2.25 bits per heavy atom. The van der Waals surface area contributed by atoms with Crippen molar-refractivity contribution in [2.45, 2.75) is 32.4 Å². The Bertz CT molecular complexity index is 488. The highest BCUT2D eigenvalue weighted by Crippen LogP contribution is 2.35. The number of nitrogens with two attached hydrogens (primary N) is 1. The van der Waals surface area contributed by atoms with Gasteiger partial charge in [0.2, 0.25) is 5.91 Å². The second-order valence-corrected chi connectivity index (χ2v) is 5.38. The van der Waals surface area contributed by atoms with Crippen LogP contribution in [0.25, 0.3) is 0 Å². The van der Waals surface area contributed by atoms with E-state index in [0.29, 0.717) is 6.61 Å². The minimum atomic E-state index is -0.350. The van der Waals surface area contributed by atoms with Crippen LogP contribution in [0.15, 0.2) is 18.2 Å². The van der Waals surface area contributed by atoms with Crippen LogP contribution in [0.1, 0.15) is 31.9 Å². The monoisotopic (exact) mass is 278 g/mol. The van der Waals surface area contributed by atoms with E-state index in [1.54, 1.807) is 7.11 Å². The number of primary amides is 1. The summed E-state index contributed by atoms with van der Waals surface area (Å²) in [5, 5.41) is 3.35. The number of hydrogen-bond acceptors (Lipinski definition) is 4. The van der Waals surface area contributed by atoms with Gasteiger partial charge in [0.25, 0.3) is 0 Å². The lowest BCUT2D eigenvalue weighted by molar-refractivity contribution is -0.121. The number of fused-ring (bicyclic) bond motifs is 1. The zero-order chi connectivity index (χ0) is 14.7. The first-order valence-corrected chi connectivity index (χ1v) is 6.89. The molecule has 0 saturated carbocycles. The number of hydrogen-bond donors (Lipinski definition) is 2. The fourth-order valence-electron chi connectivity index (χ4n) is 2.49. The zero-order valence-electron chi connectivity index (χ0n) is 12.2. The molecule has 1 heterocycles. The summed E-state index contributed by atoms with van der Waals surface area (Å²) in [6, 6.07) is 5.42. The van der Waals surface area contributed by atoms with Crippen LogP contribution in [0.2, 0.25) is 0 Å². The van der Waals surface area contributed by atoms with Crippen LogP contribution in [0.3, 0.4) is 0 Å². The van der Waals surface area contributed by atoms with Crippen molar-refractivity contribution in [3.05, 3.63) is 23.8 Å². The quantitative estimate of drug-likeness (QED) is 0.858. The van der Waals surface area contributed by atoms with Crippen LogP contribution in [-0.2, 0) is 4.79 Å². The van der Waals surface area contributed by atoms with Gasteiger partial charge in [-0.25, -0.2) is 0 Å². The van der Waals surface area contributed by atoms with Gasteiger partial charge in [-0.1, -0.05) is 13.8 Å². The summed E-state index contributed by atoms with van der Waals surface area (Å²) in [7, 11) is 1.63. The molecular formula is C15H22N2O3. The highest BCUT2D eigenvalue weighted by Gasteiger charge is 2.28. The molecule has 3 N–H and O–H groups in total. The van der Waals surface area contributed by atoms with Crippen molar-refractivity contribution >= 4 is 5.91 Å². The number of rotatable bonds is 5. The van der Waals surface area contributed by atoms with Gasteiger partial charge >= 0.3 is 0 Å². The van der Waals surface area contributed by atoms with Crippen molar-refractivity contribution in [2.75, 3.05) is 13.7 Å². The number of ether oxygens (including phenoxy) is 2. The van der Waals surface area contributed by atoms with E-state index in [9.17, 15) is 4.79 Å². The van der Waals surface area contributed by atoms with Gasteiger partial charge in [-0.3, -0.25) is 10.1 Å². The van der Waals surface area contributed by atoms with Gasteiger partial charge in [0, 0.05) is 18.0 Å². The molecule has 2 atom stereocenters. The van der Waals surface area contributed by atoms with Crippen LogP contribution in [0.5, 0.6) is 11.5 Å². The third kappa shape index (κ3) is 3.04. The first kappa shape index (κ1) is 14.7. The summed E-state index contributed by atoms with van der Waals surface area (Å²) >= 11 is 0. The summed E-state index contributed by atoms with van der Waals surface area (Å²) in [5.74, 6) is 1.43. The van der Waals surface area contributed by atoms with E-state index in [1.165, 1.54) is 0 Å². The van der Waals surface area contributed by atoms with E-state index >= 15 is 0 Å². The molecule has 2 unspecified atom stereocenters. The second kappa shape index (κ2) is 6.13. The predicted octanol–water partition coefficient (Wildman–Crippen LogP) is 1.62. The first-order valence-electron chi connectivity index (χ1n) is 6.89. The van der Waals surface area contributed by atoms with Gasteiger partial charge in [0.15, 0.2) is 0 Å². The predicted molar refractivity (Wildman–Crippen MR) is 76.8 cm³/mol. The number of methoxy groups -OCH3 is 1. The Kier molecular flexibility index (Phi) is 4.49. The topological polar surface area (TPSA) is 73.6 Å². The molecule has 0 radical (unpaired) electrons. The molecule has 2 rings (SSSR count). The highest BCUT2D eigenvalue weighted by atomic mass is 16.5. The Morgan fingerprint density at radius 3 is 2.85 bits per heavy atom. The van der Waals surface area contributed by atoms with Gasteiger partial charge in [-0.05, 0) is 24.1 Å². The number of benzene rings is 1. The van der Waals surface area contributed by atoms with Gasteiger partial charge in [0.05, 0.1) is 19.8 Å². The van der Waals surface area contributed by atoms with Crippen LogP contribution in [0, 0.1) is 5.92 Å². The fraction of sp³-hybridized carbons (Fsp3) is 0.533. The van der Waals surface area contributed by atoms with Crippen molar-refractivity contribution in [1.29, 1.82) is 0 Å². The summed E-state index contributed by atoms with van der Waals surface area (Å²) in [5.41, 5.74) is 6.49. The molecule has 0 saturated heterocycles. The van der Waals surface area contributed by atoms with Crippen molar-refractivity contribution < 1.29 is 14.3 Å². The molecule has 0 spiro atoms. The minimum Gasteiger partial charge on any atom is -0.497 e. The molecule has 1 aromatic carbocycles. The van der Waals surface area contributed by atoms with E-state index in [-0.39, 0.29) is 23.9 Å². The molecule has 110 valence electrons.